The number of likely N-dealkylation sites (tertiary alicyclic amines) is 1. The molecule has 2 heterocycles. The zero-order chi connectivity index (χ0) is 19.4. The smallest absolute Gasteiger partial charge is 0.238 e. The number of para-hydroxylation sites is 1. The number of carbonyl (C=O) groups excluding carboxylic acids is 2. The van der Waals surface area contributed by atoms with Crippen LogP contribution in [0.2, 0.25) is 0 Å². The van der Waals surface area contributed by atoms with E-state index in [1.807, 2.05) is 24.3 Å². The third-order valence-corrected chi connectivity index (χ3v) is 7.99. The Balaban J connectivity index is 1.35. The van der Waals surface area contributed by atoms with Gasteiger partial charge in [-0.05, 0) is 44.2 Å². The molecular formula is C22H32N3O2S+. The fourth-order valence-corrected chi connectivity index (χ4v) is 6.24. The Hall–Kier alpha value is -1.53. The first-order valence-corrected chi connectivity index (χ1v) is 11.7. The molecule has 4 rings (SSSR count). The van der Waals surface area contributed by atoms with Crippen LogP contribution in [0.5, 0.6) is 0 Å². The lowest BCUT2D eigenvalue weighted by Gasteiger charge is -2.45. The van der Waals surface area contributed by atoms with Crippen molar-refractivity contribution >= 4 is 29.3 Å². The van der Waals surface area contributed by atoms with Gasteiger partial charge in [-0.15, -0.1) is 11.8 Å². The van der Waals surface area contributed by atoms with Gasteiger partial charge < -0.3 is 15.5 Å². The summed E-state index contributed by atoms with van der Waals surface area (Å²) in [5, 5.41) is 5.82. The van der Waals surface area contributed by atoms with E-state index in [1.54, 1.807) is 4.90 Å². The highest BCUT2D eigenvalue weighted by atomic mass is 32.2. The van der Waals surface area contributed by atoms with Gasteiger partial charge in [0.15, 0.2) is 0 Å². The molecule has 152 valence electrons. The third-order valence-electron chi connectivity index (χ3n) is 6.72. The Labute approximate surface area is 172 Å². The van der Waals surface area contributed by atoms with E-state index in [9.17, 15) is 9.59 Å². The number of nitrogens with one attached hydrogen (secondary N) is 3. The highest BCUT2D eigenvalue weighted by Gasteiger charge is 2.42. The molecule has 2 aliphatic heterocycles. The molecule has 1 aromatic carbocycles. The molecule has 3 aliphatic rings. The van der Waals surface area contributed by atoms with Gasteiger partial charge >= 0.3 is 0 Å². The lowest BCUT2D eigenvalue weighted by molar-refractivity contribution is -0.957. The molecule has 1 saturated heterocycles. The number of anilines is 1. The van der Waals surface area contributed by atoms with E-state index in [2.05, 4.69) is 10.6 Å². The van der Waals surface area contributed by atoms with Gasteiger partial charge in [-0.25, -0.2) is 0 Å². The van der Waals surface area contributed by atoms with Gasteiger partial charge in [-0.2, -0.15) is 0 Å². The van der Waals surface area contributed by atoms with Crippen LogP contribution in [-0.4, -0.2) is 42.2 Å². The van der Waals surface area contributed by atoms with Crippen LogP contribution in [-0.2, 0) is 9.59 Å². The maximum Gasteiger partial charge on any atom is 0.238 e. The number of carbonyl (C=O) groups is 2. The standard InChI is InChI=1S/C22H31N3O2S/c26-20(15-19-21(27)24-17-9-3-4-10-18(17)28-19)23-16-22(11-5-1-6-12-22)25-13-7-2-8-14-25/h3-4,9-10,19H,1-2,5-8,11-16H2,(H,23,26)(H,24,27)/p+1/t19-/m0/s1. The number of hydrogen-bond donors (Lipinski definition) is 3. The summed E-state index contributed by atoms with van der Waals surface area (Å²) in [4.78, 5) is 27.9. The topological polar surface area (TPSA) is 62.6 Å². The third kappa shape index (κ3) is 4.38. The highest BCUT2D eigenvalue weighted by Crippen LogP contribution is 2.36. The molecule has 5 nitrogen and oxygen atoms in total. The highest BCUT2D eigenvalue weighted by molar-refractivity contribution is 8.01. The van der Waals surface area contributed by atoms with E-state index in [0.29, 0.717) is 0 Å². The van der Waals surface area contributed by atoms with E-state index in [4.69, 9.17) is 0 Å². The molecule has 3 N–H and O–H groups in total. The summed E-state index contributed by atoms with van der Waals surface area (Å²) >= 11 is 1.50. The van der Waals surface area contributed by atoms with Crippen molar-refractivity contribution in [2.75, 3.05) is 25.0 Å². The zero-order valence-corrected chi connectivity index (χ0v) is 17.4. The number of thioether (sulfide) groups is 1. The molecule has 1 aliphatic carbocycles. The Morgan fingerprint density at radius 1 is 1.11 bits per heavy atom. The lowest BCUT2D eigenvalue weighted by atomic mass is 9.79. The molecule has 0 spiro atoms. The number of amides is 2. The fourth-order valence-electron chi connectivity index (χ4n) is 5.13. The SMILES string of the molecule is O=C(C[C@@H]1Sc2ccccc2NC1=O)NCC1([NH+]2CCCCC2)CCCCC1. The predicted molar refractivity (Wildman–Crippen MR) is 113 cm³/mol. The van der Waals surface area contributed by atoms with Gasteiger partial charge in [-0.1, -0.05) is 18.6 Å². The molecule has 2 fully saturated rings. The van der Waals surface area contributed by atoms with Crippen LogP contribution in [0.15, 0.2) is 29.2 Å². The van der Waals surface area contributed by atoms with Gasteiger partial charge in [0.2, 0.25) is 11.8 Å². The second kappa shape index (κ2) is 8.87. The van der Waals surface area contributed by atoms with Crippen molar-refractivity contribution in [1.82, 2.24) is 5.32 Å². The van der Waals surface area contributed by atoms with Crippen LogP contribution in [0.25, 0.3) is 0 Å². The number of hydrogen-bond acceptors (Lipinski definition) is 3. The van der Waals surface area contributed by atoms with E-state index in [-0.39, 0.29) is 29.0 Å². The van der Waals surface area contributed by atoms with Gasteiger partial charge in [0.25, 0.3) is 0 Å². The van der Waals surface area contributed by atoms with Crippen LogP contribution in [0.3, 0.4) is 0 Å². The normalized spacial score (nSPS) is 24.9. The van der Waals surface area contributed by atoms with Crippen LogP contribution >= 0.6 is 11.8 Å². The summed E-state index contributed by atoms with van der Waals surface area (Å²) in [5.41, 5.74) is 1.06. The van der Waals surface area contributed by atoms with E-state index >= 15 is 0 Å². The Bertz CT molecular complexity index is 711. The lowest BCUT2D eigenvalue weighted by Crippen LogP contribution is -3.22. The maximum atomic E-state index is 12.7. The molecule has 0 radical (unpaired) electrons. The van der Waals surface area contributed by atoms with Crippen molar-refractivity contribution in [3.63, 3.8) is 0 Å². The van der Waals surface area contributed by atoms with E-state index in [0.717, 1.165) is 17.1 Å². The van der Waals surface area contributed by atoms with E-state index in [1.165, 1.54) is 76.2 Å². The molecule has 1 saturated carbocycles. The van der Waals surface area contributed by atoms with Crippen molar-refractivity contribution < 1.29 is 14.5 Å². The minimum absolute atomic E-state index is 0.00777. The summed E-state index contributed by atoms with van der Waals surface area (Å²) in [6.45, 7) is 3.25. The van der Waals surface area contributed by atoms with Gasteiger partial charge in [0, 0.05) is 24.2 Å². The Morgan fingerprint density at radius 2 is 1.82 bits per heavy atom. The molecule has 1 atom stereocenters. The summed E-state index contributed by atoms with van der Waals surface area (Å²) < 4.78 is 0. The maximum absolute atomic E-state index is 12.7. The molecule has 0 bridgehead atoms. The minimum Gasteiger partial charge on any atom is -0.350 e. The number of benzene rings is 1. The van der Waals surface area contributed by atoms with Crippen LogP contribution in [0.4, 0.5) is 5.69 Å². The summed E-state index contributed by atoms with van der Waals surface area (Å²) in [7, 11) is 0. The molecule has 0 unspecified atom stereocenters. The van der Waals surface area contributed by atoms with Crippen molar-refractivity contribution in [1.29, 1.82) is 0 Å². The first kappa shape index (κ1) is 19.8. The number of quaternary nitrogens is 1. The second-order valence-electron chi connectivity index (χ2n) is 8.58. The van der Waals surface area contributed by atoms with Gasteiger partial charge in [0.05, 0.1) is 30.6 Å². The first-order chi connectivity index (χ1) is 13.7. The first-order valence-electron chi connectivity index (χ1n) is 10.8. The zero-order valence-electron chi connectivity index (χ0n) is 16.6. The van der Waals surface area contributed by atoms with Gasteiger partial charge in [0.1, 0.15) is 5.54 Å². The predicted octanol–water partition coefficient (Wildman–Crippen LogP) is 2.38. The molecular weight excluding hydrogens is 370 g/mol. The molecule has 2 amide bonds. The summed E-state index contributed by atoms with van der Waals surface area (Å²) in [5.74, 6) is -0.0544. The second-order valence-corrected chi connectivity index (χ2v) is 9.82. The average molecular weight is 403 g/mol. The Morgan fingerprint density at radius 3 is 2.61 bits per heavy atom. The quantitative estimate of drug-likeness (QED) is 0.709. The number of rotatable bonds is 5. The summed E-state index contributed by atoms with van der Waals surface area (Å²) in [6, 6.07) is 7.79. The largest absolute Gasteiger partial charge is 0.350 e. The van der Waals surface area contributed by atoms with E-state index < -0.39 is 0 Å². The number of fused-ring (bicyclic) bond motifs is 1. The fraction of sp³-hybridized carbons (Fsp3) is 0.636. The summed E-state index contributed by atoms with van der Waals surface area (Å²) in [6.07, 6.45) is 10.5. The Kier molecular flexibility index (Phi) is 6.26. The molecule has 28 heavy (non-hydrogen) atoms. The molecule has 0 aromatic heterocycles. The van der Waals surface area contributed by atoms with Crippen molar-refractivity contribution in [2.45, 2.75) is 73.5 Å². The molecule has 6 heteroatoms. The monoisotopic (exact) mass is 402 g/mol. The average Bonchev–Trinajstić information content (AvgIpc) is 2.74. The van der Waals surface area contributed by atoms with Crippen LogP contribution in [0.1, 0.15) is 57.8 Å². The van der Waals surface area contributed by atoms with Crippen molar-refractivity contribution in [3.8, 4) is 0 Å². The van der Waals surface area contributed by atoms with Crippen molar-refractivity contribution in [3.05, 3.63) is 24.3 Å². The van der Waals surface area contributed by atoms with Crippen LogP contribution < -0.4 is 15.5 Å². The van der Waals surface area contributed by atoms with Crippen LogP contribution in [0, 0.1) is 0 Å². The van der Waals surface area contributed by atoms with Crippen molar-refractivity contribution in [2.24, 2.45) is 0 Å². The number of piperidine rings is 1. The molecule has 1 aromatic rings. The minimum atomic E-state index is -0.348. The van der Waals surface area contributed by atoms with Gasteiger partial charge in [-0.3, -0.25) is 9.59 Å².